The van der Waals surface area contributed by atoms with Crippen molar-refractivity contribution in [1.29, 1.82) is 0 Å². The Balaban J connectivity index is 3.61. The summed E-state index contributed by atoms with van der Waals surface area (Å²) in [6.07, 6.45) is -0.0510. The van der Waals surface area contributed by atoms with Gasteiger partial charge in [-0.2, -0.15) is 0 Å². The van der Waals surface area contributed by atoms with Crippen molar-refractivity contribution in [2.45, 2.75) is 40.2 Å². The first kappa shape index (κ1) is 29.7. The molecule has 180 valence electrons. The third kappa shape index (κ3) is 6.84. The number of benzene rings is 1. The van der Waals surface area contributed by atoms with Gasteiger partial charge in [0.2, 0.25) is 0 Å². The summed E-state index contributed by atoms with van der Waals surface area (Å²) in [5.41, 5.74) is 2.63. The van der Waals surface area contributed by atoms with Crippen molar-refractivity contribution in [2.24, 2.45) is 0 Å². The first-order chi connectivity index (χ1) is 14.4. The number of rotatable bonds is 14. The zero-order valence-corrected chi connectivity index (χ0v) is 36.0. The predicted molar refractivity (Wildman–Crippen MR) is 162 cm³/mol. The van der Waals surface area contributed by atoms with E-state index in [9.17, 15) is 0 Å². The van der Waals surface area contributed by atoms with Crippen LogP contribution in [0.3, 0.4) is 0 Å². The highest BCUT2D eigenvalue weighted by Crippen LogP contribution is 2.34. The minimum Gasteiger partial charge on any atom is -0.497 e. The normalized spacial score (nSPS) is 18.2. The zero-order chi connectivity index (χ0) is 23.9. The van der Waals surface area contributed by atoms with Crippen molar-refractivity contribution < 1.29 is 22.8 Å². The van der Waals surface area contributed by atoms with Crippen LogP contribution >= 0.6 is 0 Å². The van der Waals surface area contributed by atoms with Gasteiger partial charge >= 0.3 is 0 Å². The van der Waals surface area contributed by atoms with E-state index in [-0.39, 0.29) is 0 Å². The molecule has 1 aromatic carbocycles. The average Bonchev–Trinajstić information content (AvgIpc) is 2.68. The molecule has 14 heteroatoms. The molecule has 0 fully saturated rings. The molecule has 1 unspecified atom stereocenters. The van der Waals surface area contributed by atoms with Gasteiger partial charge in [-0.1, -0.05) is 6.04 Å². The number of aryl methyl sites for hydroxylation is 1. The van der Waals surface area contributed by atoms with Gasteiger partial charge in [0.25, 0.3) is 8.80 Å². The van der Waals surface area contributed by atoms with Crippen molar-refractivity contribution in [3.63, 3.8) is 0 Å². The highest BCUT2D eigenvalue weighted by Gasteiger charge is 2.64. The van der Waals surface area contributed by atoms with Crippen LogP contribution in [0.4, 0.5) is 0 Å². The SMILES string of the molecule is CCO[SiH](OCC)[Si](CCc1cc(OC)cc(OC)c1C)([Si]([SiH3])([SiH3])[SiH3])[Si]([SiH3])([SiH3])OCC. The molecule has 0 aliphatic carbocycles. The summed E-state index contributed by atoms with van der Waals surface area (Å²) in [5, 5.41) is 0. The molecule has 0 radical (unpaired) electrons. The number of methoxy groups -OCH3 is 2. The highest BCUT2D eigenvalue weighted by atomic mass is 30.4. The van der Waals surface area contributed by atoms with Gasteiger partial charge in [-0.05, 0) is 80.6 Å². The molecule has 31 heavy (non-hydrogen) atoms. The molecule has 0 aromatic heterocycles. The second kappa shape index (κ2) is 12.9. The Morgan fingerprint density at radius 1 is 0.871 bits per heavy atom. The summed E-state index contributed by atoms with van der Waals surface area (Å²) in [4.78, 5) is 0. The smallest absolute Gasteiger partial charge is 0.296 e. The Kier molecular flexibility index (Phi) is 12.4. The van der Waals surface area contributed by atoms with E-state index in [4.69, 9.17) is 22.8 Å². The van der Waals surface area contributed by atoms with E-state index in [1.807, 2.05) is 6.07 Å². The van der Waals surface area contributed by atoms with E-state index >= 15 is 0 Å². The Bertz CT molecular complexity index is 695. The molecular formula is C17H46O5Si9. The lowest BCUT2D eigenvalue weighted by Gasteiger charge is -2.53. The third-order valence-electron chi connectivity index (χ3n) is 6.64. The lowest BCUT2D eigenvalue weighted by Crippen LogP contribution is -2.89. The molecule has 0 aliphatic heterocycles. The van der Waals surface area contributed by atoms with Crippen LogP contribution in [-0.4, -0.2) is 111 Å². The first-order valence-corrected chi connectivity index (χ1v) is 39.9. The van der Waals surface area contributed by atoms with E-state index < -0.39 is 28.4 Å². The first-order valence-electron chi connectivity index (χ1n) is 11.5. The molecule has 1 atom stereocenters. The number of hydrogen-bond donors (Lipinski definition) is 0. The average molecular weight is 583 g/mol. The molecule has 0 aliphatic rings. The van der Waals surface area contributed by atoms with Crippen molar-refractivity contribution >= 4 is 77.2 Å². The van der Waals surface area contributed by atoms with Crippen molar-refractivity contribution in [3.8, 4) is 11.5 Å². The maximum Gasteiger partial charge on any atom is 0.296 e. The molecule has 0 saturated heterocycles. The maximum absolute atomic E-state index is 6.85. The van der Waals surface area contributed by atoms with Gasteiger partial charge in [0.05, 0.1) is 14.2 Å². The lowest BCUT2D eigenvalue weighted by molar-refractivity contribution is 0.229. The van der Waals surface area contributed by atoms with Crippen LogP contribution in [0.25, 0.3) is 0 Å². The van der Waals surface area contributed by atoms with E-state index in [2.05, 4.69) is 33.8 Å². The van der Waals surface area contributed by atoms with Crippen LogP contribution in [0.1, 0.15) is 31.9 Å². The third-order valence-corrected chi connectivity index (χ3v) is 157. The predicted octanol–water partition coefficient (Wildman–Crippen LogP) is -3.73. The van der Waals surface area contributed by atoms with Gasteiger partial charge in [-0.25, -0.2) is 0 Å². The molecule has 0 amide bonds. The van der Waals surface area contributed by atoms with Crippen LogP contribution in [-0.2, 0) is 19.7 Å². The van der Waals surface area contributed by atoms with Gasteiger partial charge < -0.3 is 22.8 Å². The van der Waals surface area contributed by atoms with E-state index in [1.165, 1.54) is 66.0 Å². The quantitative estimate of drug-likeness (QED) is 0.211. The topological polar surface area (TPSA) is 46.2 Å². The van der Waals surface area contributed by atoms with Gasteiger partial charge in [-0.3, -0.25) is 0 Å². The van der Waals surface area contributed by atoms with Crippen molar-refractivity contribution in [3.05, 3.63) is 23.3 Å². The van der Waals surface area contributed by atoms with E-state index in [0.29, 0.717) is 0 Å². The summed E-state index contributed by atoms with van der Waals surface area (Å²) in [7, 11) is 8.50. The Morgan fingerprint density at radius 3 is 1.87 bits per heavy atom. The molecule has 1 aromatic rings. The summed E-state index contributed by atoms with van der Waals surface area (Å²) in [6, 6.07) is 5.56. The second-order valence-electron chi connectivity index (χ2n) is 9.52. The summed E-state index contributed by atoms with van der Waals surface area (Å²) in [6.45, 7) is 7.87. The molecular weight excluding hydrogens is 537 g/mol. The van der Waals surface area contributed by atoms with Crippen molar-refractivity contribution in [2.75, 3.05) is 34.0 Å². The van der Waals surface area contributed by atoms with Crippen LogP contribution in [0.5, 0.6) is 11.5 Å². The number of ether oxygens (including phenoxy) is 2. The molecule has 0 spiro atoms. The second-order valence-corrected chi connectivity index (χ2v) is 117. The van der Waals surface area contributed by atoms with E-state index in [1.54, 1.807) is 14.2 Å². The van der Waals surface area contributed by atoms with E-state index in [0.717, 1.165) is 37.7 Å². The zero-order valence-electron chi connectivity index (χ0n) is 21.8. The van der Waals surface area contributed by atoms with Crippen LogP contribution in [0.15, 0.2) is 12.1 Å². The van der Waals surface area contributed by atoms with Gasteiger partial charge in [-0.15, -0.1) is 0 Å². The lowest BCUT2D eigenvalue weighted by atomic mass is 10.0. The van der Waals surface area contributed by atoms with Crippen LogP contribution in [0, 0.1) is 6.92 Å². The Labute approximate surface area is 208 Å². The van der Waals surface area contributed by atoms with Gasteiger partial charge in [0.1, 0.15) is 25.0 Å². The number of hydrogen-bond acceptors (Lipinski definition) is 5. The largest absolute Gasteiger partial charge is 0.497 e. The van der Waals surface area contributed by atoms with Gasteiger partial charge in [0.15, 0.2) is 0 Å². The Hall–Kier alpha value is 0.652. The van der Waals surface area contributed by atoms with Crippen molar-refractivity contribution in [1.82, 2.24) is 0 Å². The molecule has 0 bridgehead atoms. The Morgan fingerprint density at radius 2 is 1.45 bits per heavy atom. The summed E-state index contributed by atoms with van der Waals surface area (Å²) in [5.74, 6) is 1.82. The monoisotopic (exact) mass is 582 g/mol. The fraction of sp³-hybridized carbons (Fsp3) is 0.647. The molecule has 0 N–H and O–H groups in total. The van der Waals surface area contributed by atoms with Crippen LogP contribution in [0.2, 0.25) is 6.04 Å². The molecule has 0 heterocycles. The van der Waals surface area contributed by atoms with Gasteiger partial charge in [0, 0.05) is 51.6 Å². The standard InChI is InChI=1S/C17H46O5Si9/c1-7-20-28(21-8-2)29(31(25,26)27,30(23,24)22-9-3)11-10-15-12-16(18-5)13-17(19-6)14(15)4/h12-13,28H,7-11H2,1-6,23-27H3. The minimum atomic E-state index is -1.71. The molecule has 5 nitrogen and oxygen atoms in total. The maximum atomic E-state index is 6.85. The fourth-order valence-electron chi connectivity index (χ4n) is 5.10. The molecule has 1 rings (SSSR count). The molecule has 0 saturated carbocycles. The fourth-order valence-corrected chi connectivity index (χ4v) is 279. The minimum absolute atomic E-state index is 0.798. The summed E-state index contributed by atoms with van der Waals surface area (Å²) < 4.78 is 31.4. The van der Waals surface area contributed by atoms with Crippen LogP contribution < -0.4 is 9.47 Å². The highest BCUT2D eigenvalue weighted by molar-refractivity contribution is 8.11. The summed E-state index contributed by atoms with van der Waals surface area (Å²) >= 11 is 0.